The van der Waals surface area contributed by atoms with E-state index in [1.54, 1.807) is 7.11 Å². The van der Waals surface area contributed by atoms with E-state index in [4.69, 9.17) is 9.47 Å². The van der Waals surface area contributed by atoms with Crippen LogP contribution in [0.4, 0.5) is 0 Å². The van der Waals surface area contributed by atoms with E-state index in [9.17, 15) is 5.11 Å². The Morgan fingerprint density at radius 1 is 1.15 bits per heavy atom. The lowest BCUT2D eigenvalue weighted by atomic mass is 9.62. The minimum Gasteiger partial charge on any atom is -0.393 e. The lowest BCUT2D eigenvalue weighted by molar-refractivity contribution is -0.134. The first-order valence-electron chi connectivity index (χ1n) is 10.8. The van der Waals surface area contributed by atoms with Crippen LogP contribution in [0, 0.1) is 35.0 Å². The van der Waals surface area contributed by atoms with Gasteiger partial charge in [-0.3, -0.25) is 0 Å². The van der Waals surface area contributed by atoms with Crippen LogP contribution in [0.15, 0.2) is 12.2 Å². The van der Waals surface area contributed by atoms with Gasteiger partial charge in [-0.2, -0.15) is 0 Å². The Labute approximate surface area is 160 Å². The highest BCUT2D eigenvalue weighted by atomic mass is 16.7. The number of hydrogen-bond acceptors (Lipinski definition) is 3. The summed E-state index contributed by atoms with van der Waals surface area (Å²) in [6.07, 6.45) is 13.4. The largest absolute Gasteiger partial charge is 0.393 e. The highest BCUT2D eigenvalue weighted by molar-refractivity contribution is 5.09. The van der Waals surface area contributed by atoms with Gasteiger partial charge in [0.15, 0.2) is 0 Å². The topological polar surface area (TPSA) is 38.7 Å². The molecule has 0 aromatic carbocycles. The molecule has 0 aliphatic heterocycles. The zero-order valence-corrected chi connectivity index (χ0v) is 17.5. The maximum absolute atomic E-state index is 10.5. The molecule has 3 heteroatoms. The molecule has 26 heavy (non-hydrogen) atoms. The molecule has 0 unspecified atom stereocenters. The van der Waals surface area contributed by atoms with Crippen LogP contribution in [-0.2, 0) is 9.47 Å². The van der Waals surface area contributed by atoms with E-state index in [1.807, 2.05) is 0 Å². The molecule has 1 N–H and O–H groups in total. The summed E-state index contributed by atoms with van der Waals surface area (Å²) >= 11 is 0. The quantitative estimate of drug-likeness (QED) is 0.476. The van der Waals surface area contributed by atoms with Crippen molar-refractivity contribution in [2.45, 2.75) is 84.3 Å². The summed E-state index contributed by atoms with van der Waals surface area (Å²) in [6.45, 7) is 9.61. The van der Waals surface area contributed by atoms with Crippen molar-refractivity contribution in [2.75, 3.05) is 13.9 Å². The van der Waals surface area contributed by atoms with Crippen LogP contribution in [0.5, 0.6) is 0 Å². The number of ether oxygens (including phenoxy) is 2. The fourth-order valence-electron chi connectivity index (χ4n) is 6.20. The summed E-state index contributed by atoms with van der Waals surface area (Å²) in [4.78, 5) is 0. The summed E-state index contributed by atoms with van der Waals surface area (Å²) in [5.74, 6) is 2.99. The Hall–Kier alpha value is -0.380. The SMILES string of the molecule is COCOC(C)(C)[C@H](/C=C/[C@@H](C)[C@H]1CC[C@H]2[C@@H](O)CCC[C@]12C)C1CC1. The van der Waals surface area contributed by atoms with Gasteiger partial charge in [0, 0.05) is 13.0 Å². The average molecular weight is 365 g/mol. The fraction of sp³-hybridized carbons (Fsp3) is 0.913. The van der Waals surface area contributed by atoms with Crippen LogP contribution in [0.25, 0.3) is 0 Å². The van der Waals surface area contributed by atoms with Crippen molar-refractivity contribution in [3.8, 4) is 0 Å². The van der Waals surface area contributed by atoms with Crippen molar-refractivity contribution in [1.29, 1.82) is 0 Å². The van der Waals surface area contributed by atoms with Crippen LogP contribution < -0.4 is 0 Å². The van der Waals surface area contributed by atoms with E-state index in [-0.39, 0.29) is 11.7 Å². The van der Waals surface area contributed by atoms with E-state index in [0.717, 1.165) is 12.3 Å². The van der Waals surface area contributed by atoms with Crippen molar-refractivity contribution in [3.63, 3.8) is 0 Å². The van der Waals surface area contributed by atoms with E-state index in [1.165, 1.54) is 38.5 Å². The minimum atomic E-state index is -0.184. The second-order valence-corrected chi connectivity index (χ2v) is 10.0. The fourth-order valence-corrected chi connectivity index (χ4v) is 6.20. The van der Waals surface area contributed by atoms with E-state index in [2.05, 4.69) is 39.8 Å². The molecule has 3 fully saturated rings. The predicted octanol–water partition coefficient (Wildman–Crippen LogP) is 5.18. The van der Waals surface area contributed by atoms with Crippen molar-refractivity contribution in [1.82, 2.24) is 0 Å². The summed E-state index contributed by atoms with van der Waals surface area (Å²) in [5.41, 5.74) is 0.134. The molecule has 3 aliphatic carbocycles. The number of aliphatic hydroxyl groups is 1. The Kier molecular flexibility index (Phi) is 6.21. The molecule has 3 aliphatic rings. The first-order valence-corrected chi connectivity index (χ1v) is 10.8. The van der Waals surface area contributed by atoms with Gasteiger partial charge in [0.05, 0.1) is 11.7 Å². The molecule has 6 atom stereocenters. The van der Waals surface area contributed by atoms with Crippen molar-refractivity contribution in [3.05, 3.63) is 12.2 Å². The van der Waals surface area contributed by atoms with Crippen molar-refractivity contribution < 1.29 is 14.6 Å². The molecule has 3 saturated carbocycles. The first kappa shape index (κ1) is 20.4. The van der Waals surface area contributed by atoms with Gasteiger partial charge in [0.25, 0.3) is 0 Å². The molecule has 0 radical (unpaired) electrons. The molecule has 3 nitrogen and oxygen atoms in total. The van der Waals surface area contributed by atoms with Gasteiger partial charge in [-0.15, -0.1) is 0 Å². The lowest BCUT2D eigenvalue weighted by Crippen LogP contribution is -2.41. The summed E-state index contributed by atoms with van der Waals surface area (Å²) < 4.78 is 11.2. The number of methoxy groups -OCH3 is 1. The minimum absolute atomic E-state index is 0.0736. The molecular weight excluding hydrogens is 324 g/mol. The second-order valence-electron chi connectivity index (χ2n) is 10.0. The Bertz CT molecular complexity index is 496. The molecule has 0 heterocycles. The third-order valence-electron chi connectivity index (χ3n) is 7.90. The third kappa shape index (κ3) is 4.05. The molecule has 0 aromatic heterocycles. The Morgan fingerprint density at radius 2 is 1.88 bits per heavy atom. The standard InChI is InChI=1S/C23H40O3/c1-16(18-12-13-20-21(24)7-6-14-23(18,20)4)8-11-19(17-9-10-17)22(2,3)26-15-25-5/h8,11,16-21,24H,6-7,9-10,12-15H2,1-5H3/b11-8+/t16-,18-,19-,20+,21+,23-/m1/s1. The van der Waals surface area contributed by atoms with Crippen molar-refractivity contribution >= 4 is 0 Å². The second kappa shape index (κ2) is 7.93. The maximum Gasteiger partial charge on any atom is 0.147 e. The molecule has 0 spiro atoms. The molecule has 0 amide bonds. The zero-order valence-electron chi connectivity index (χ0n) is 17.5. The van der Waals surface area contributed by atoms with Crippen LogP contribution in [-0.4, -0.2) is 30.7 Å². The number of fused-ring (bicyclic) bond motifs is 1. The normalized spacial score (nSPS) is 37.7. The Balaban J connectivity index is 1.68. The molecule has 0 aromatic rings. The highest BCUT2D eigenvalue weighted by Crippen LogP contribution is 2.58. The van der Waals surface area contributed by atoms with Gasteiger partial charge in [-0.25, -0.2) is 0 Å². The van der Waals surface area contributed by atoms with Crippen molar-refractivity contribution in [2.24, 2.45) is 35.0 Å². The van der Waals surface area contributed by atoms with Gasteiger partial charge >= 0.3 is 0 Å². The van der Waals surface area contributed by atoms with Crippen LogP contribution in [0.3, 0.4) is 0 Å². The molecule has 0 saturated heterocycles. The smallest absolute Gasteiger partial charge is 0.147 e. The molecule has 150 valence electrons. The summed E-state index contributed by atoms with van der Waals surface area (Å²) in [7, 11) is 1.69. The number of aliphatic hydroxyl groups excluding tert-OH is 1. The summed E-state index contributed by atoms with van der Waals surface area (Å²) in [6, 6.07) is 0. The lowest BCUT2D eigenvalue weighted by Gasteiger charge is -2.45. The average Bonchev–Trinajstić information content (AvgIpc) is 3.34. The number of rotatable bonds is 8. The molecule has 3 rings (SSSR count). The first-order chi connectivity index (χ1) is 12.3. The van der Waals surface area contributed by atoms with Crippen LogP contribution >= 0.6 is 0 Å². The summed E-state index contributed by atoms with van der Waals surface area (Å²) in [5, 5.41) is 10.5. The van der Waals surface area contributed by atoms with Crippen LogP contribution in [0.1, 0.15) is 72.6 Å². The van der Waals surface area contributed by atoms with Gasteiger partial charge < -0.3 is 14.6 Å². The van der Waals surface area contributed by atoms with Gasteiger partial charge in [0.1, 0.15) is 6.79 Å². The van der Waals surface area contributed by atoms with Gasteiger partial charge in [-0.1, -0.05) is 32.4 Å². The maximum atomic E-state index is 10.5. The monoisotopic (exact) mass is 364 g/mol. The van der Waals surface area contributed by atoms with Gasteiger partial charge in [-0.05, 0) is 81.5 Å². The number of allylic oxidation sites excluding steroid dienone is 1. The predicted molar refractivity (Wildman–Crippen MR) is 106 cm³/mol. The Morgan fingerprint density at radius 3 is 2.54 bits per heavy atom. The zero-order chi connectivity index (χ0) is 18.9. The van der Waals surface area contributed by atoms with E-state index in [0.29, 0.717) is 35.9 Å². The van der Waals surface area contributed by atoms with Gasteiger partial charge in [0.2, 0.25) is 0 Å². The molecule has 0 bridgehead atoms. The molecular formula is C23H40O3. The highest BCUT2D eigenvalue weighted by Gasteiger charge is 2.52. The third-order valence-corrected chi connectivity index (χ3v) is 7.90. The van der Waals surface area contributed by atoms with Crippen LogP contribution in [0.2, 0.25) is 0 Å². The number of hydrogen-bond donors (Lipinski definition) is 1. The van der Waals surface area contributed by atoms with E-state index >= 15 is 0 Å². The van der Waals surface area contributed by atoms with E-state index < -0.39 is 0 Å².